The molecule has 1 aliphatic heterocycles. The zero-order valence-corrected chi connectivity index (χ0v) is 20.1. The van der Waals surface area contributed by atoms with Gasteiger partial charge in [0.2, 0.25) is 0 Å². The van der Waals surface area contributed by atoms with E-state index in [0.29, 0.717) is 28.0 Å². The van der Waals surface area contributed by atoms with Crippen molar-refractivity contribution in [3.05, 3.63) is 71.7 Å². The maximum Gasteiger partial charge on any atom is 0.159 e. The number of aromatic nitrogens is 6. The van der Waals surface area contributed by atoms with Crippen molar-refractivity contribution in [1.82, 2.24) is 35.0 Å². The molecule has 1 aliphatic rings. The fourth-order valence-corrected chi connectivity index (χ4v) is 5.75. The molecule has 0 bridgehead atoms. The molecule has 0 unspecified atom stereocenters. The van der Waals surface area contributed by atoms with Crippen LogP contribution in [0.5, 0.6) is 0 Å². The van der Waals surface area contributed by atoms with E-state index in [1.54, 1.807) is 29.8 Å². The van der Waals surface area contributed by atoms with E-state index in [0.717, 1.165) is 52.4 Å². The van der Waals surface area contributed by atoms with Crippen LogP contribution in [-0.2, 0) is 6.54 Å². The molecule has 0 atom stereocenters. The fraction of sp³-hybridized carbons (Fsp3) is 0.185. The molecule has 0 spiro atoms. The third-order valence-electron chi connectivity index (χ3n) is 6.76. The Morgan fingerprint density at radius 1 is 1.03 bits per heavy atom. The summed E-state index contributed by atoms with van der Waals surface area (Å²) in [7, 11) is 0. The number of benzene rings is 1. The van der Waals surface area contributed by atoms with E-state index in [-0.39, 0.29) is 5.82 Å². The predicted molar refractivity (Wildman–Crippen MR) is 140 cm³/mol. The zero-order valence-electron chi connectivity index (χ0n) is 19.3. The van der Waals surface area contributed by atoms with Crippen molar-refractivity contribution in [2.24, 2.45) is 0 Å². The molecule has 1 fully saturated rings. The van der Waals surface area contributed by atoms with Gasteiger partial charge in [0.05, 0.1) is 21.3 Å². The summed E-state index contributed by atoms with van der Waals surface area (Å²) in [5.41, 5.74) is 5.77. The summed E-state index contributed by atoms with van der Waals surface area (Å²) in [5, 5.41) is 9.82. The second-order valence-electron chi connectivity index (χ2n) is 9.11. The van der Waals surface area contributed by atoms with Crippen LogP contribution in [0, 0.1) is 5.82 Å². The lowest BCUT2D eigenvalue weighted by Crippen LogP contribution is -2.18. The van der Waals surface area contributed by atoms with Crippen LogP contribution in [0.1, 0.15) is 18.4 Å². The van der Waals surface area contributed by atoms with Gasteiger partial charge in [0.1, 0.15) is 22.7 Å². The van der Waals surface area contributed by atoms with Crippen molar-refractivity contribution in [2.45, 2.75) is 19.4 Å². The number of likely N-dealkylation sites (tertiary alicyclic amines) is 1. The number of pyridine rings is 2. The molecule has 0 radical (unpaired) electrons. The first-order valence-electron chi connectivity index (χ1n) is 12.0. The number of fused-ring (bicyclic) bond motifs is 2. The van der Waals surface area contributed by atoms with Gasteiger partial charge >= 0.3 is 0 Å². The summed E-state index contributed by atoms with van der Waals surface area (Å²) in [6.45, 7) is 3.04. The SMILES string of the molecule is Fc1c(-c2cncc(CN3CCCC3)c2)ccc2[nH]nc(-c3nc4c(-c5cccs5)nccc4[nH]3)c12. The molecule has 6 heterocycles. The monoisotopic (exact) mass is 495 g/mol. The zero-order chi connectivity index (χ0) is 24.1. The number of imidazole rings is 1. The molecule has 1 saturated heterocycles. The lowest BCUT2D eigenvalue weighted by atomic mass is 10.0. The third-order valence-corrected chi connectivity index (χ3v) is 7.63. The molecule has 7 rings (SSSR count). The molecule has 7 nitrogen and oxygen atoms in total. The number of hydrogen-bond donors (Lipinski definition) is 2. The van der Waals surface area contributed by atoms with E-state index in [1.165, 1.54) is 12.8 Å². The standard InChI is InChI=1S/C27H22FN7S/c28-23-18(17-12-16(13-29-14-17)15-35-9-1-2-10-35)5-6-19-22(23)26(34-33-19)27-31-20-7-8-30-25(24(20)32-27)21-4-3-11-36-21/h3-8,11-14H,1-2,9-10,15H2,(H,31,32)(H,33,34). The van der Waals surface area contributed by atoms with Gasteiger partial charge in [-0.1, -0.05) is 6.07 Å². The Labute approximate surface area is 210 Å². The highest BCUT2D eigenvalue weighted by molar-refractivity contribution is 7.13. The van der Waals surface area contributed by atoms with Crippen LogP contribution >= 0.6 is 11.3 Å². The van der Waals surface area contributed by atoms with Gasteiger partial charge in [0.25, 0.3) is 0 Å². The van der Waals surface area contributed by atoms with Gasteiger partial charge in [-0.15, -0.1) is 11.3 Å². The topological polar surface area (TPSA) is 86.4 Å². The molecule has 2 N–H and O–H groups in total. The Balaban J connectivity index is 1.32. The molecule has 0 saturated carbocycles. The Hall–Kier alpha value is -3.95. The highest BCUT2D eigenvalue weighted by Crippen LogP contribution is 2.35. The lowest BCUT2D eigenvalue weighted by molar-refractivity contribution is 0.331. The van der Waals surface area contributed by atoms with Crippen LogP contribution in [-0.4, -0.2) is 48.1 Å². The summed E-state index contributed by atoms with van der Waals surface area (Å²) < 4.78 is 16.1. The van der Waals surface area contributed by atoms with Crippen molar-refractivity contribution in [1.29, 1.82) is 0 Å². The van der Waals surface area contributed by atoms with Crippen molar-refractivity contribution in [3.8, 4) is 33.2 Å². The van der Waals surface area contributed by atoms with E-state index in [2.05, 4.69) is 30.0 Å². The molecule has 6 aromatic rings. The third kappa shape index (κ3) is 3.59. The number of nitrogens with one attached hydrogen (secondary N) is 2. The molecular weight excluding hydrogens is 473 g/mol. The number of nitrogens with zero attached hydrogens (tertiary/aromatic N) is 5. The summed E-state index contributed by atoms with van der Waals surface area (Å²) in [5.74, 6) is 0.160. The number of rotatable bonds is 5. The number of H-pyrrole nitrogens is 2. The van der Waals surface area contributed by atoms with Crippen LogP contribution in [0.25, 0.3) is 55.2 Å². The van der Waals surface area contributed by atoms with Crippen LogP contribution in [0.15, 0.2) is 60.4 Å². The number of hydrogen-bond acceptors (Lipinski definition) is 6. The maximum atomic E-state index is 16.1. The van der Waals surface area contributed by atoms with Crippen molar-refractivity contribution in [2.75, 3.05) is 13.1 Å². The molecule has 1 aromatic carbocycles. The molecule has 178 valence electrons. The molecule has 36 heavy (non-hydrogen) atoms. The van der Waals surface area contributed by atoms with Gasteiger partial charge in [0, 0.05) is 36.3 Å². The fourth-order valence-electron chi connectivity index (χ4n) is 5.03. The summed E-state index contributed by atoms with van der Waals surface area (Å²) >= 11 is 1.61. The van der Waals surface area contributed by atoms with Gasteiger partial charge in [-0.2, -0.15) is 5.10 Å². The van der Waals surface area contributed by atoms with Crippen molar-refractivity contribution in [3.63, 3.8) is 0 Å². The number of halogens is 1. The van der Waals surface area contributed by atoms with Crippen LogP contribution in [0.4, 0.5) is 4.39 Å². The predicted octanol–water partition coefficient (Wildman–Crippen LogP) is 6.03. The average molecular weight is 496 g/mol. The Morgan fingerprint density at radius 3 is 2.81 bits per heavy atom. The van der Waals surface area contributed by atoms with E-state index in [1.807, 2.05) is 41.9 Å². The Kier molecular flexibility index (Phi) is 5.11. The quantitative estimate of drug-likeness (QED) is 0.305. The first kappa shape index (κ1) is 21.3. The van der Waals surface area contributed by atoms with Gasteiger partial charge in [-0.3, -0.25) is 20.0 Å². The minimum atomic E-state index is -0.339. The smallest absolute Gasteiger partial charge is 0.159 e. The second-order valence-corrected chi connectivity index (χ2v) is 10.1. The Bertz CT molecular complexity index is 1700. The summed E-state index contributed by atoms with van der Waals surface area (Å²) in [6.07, 6.45) is 7.80. The molecule has 9 heteroatoms. The first-order valence-corrected chi connectivity index (χ1v) is 12.8. The number of aromatic amines is 2. The van der Waals surface area contributed by atoms with Gasteiger partial charge in [0.15, 0.2) is 5.82 Å². The molecule has 0 amide bonds. The normalized spacial score (nSPS) is 14.4. The van der Waals surface area contributed by atoms with Crippen molar-refractivity contribution >= 4 is 33.3 Å². The van der Waals surface area contributed by atoms with Crippen LogP contribution in [0.2, 0.25) is 0 Å². The minimum Gasteiger partial charge on any atom is -0.336 e. The highest BCUT2D eigenvalue weighted by atomic mass is 32.1. The minimum absolute atomic E-state index is 0.339. The molecular formula is C27H22FN7S. The summed E-state index contributed by atoms with van der Waals surface area (Å²) in [6, 6.07) is 11.6. The van der Waals surface area contributed by atoms with Gasteiger partial charge in [-0.05, 0) is 67.2 Å². The van der Waals surface area contributed by atoms with E-state index < -0.39 is 0 Å². The van der Waals surface area contributed by atoms with Crippen LogP contribution < -0.4 is 0 Å². The molecule has 5 aromatic heterocycles. The Morgan fingerprint density at radius 2 is 1.94 bits per heavy atom. The van der Waals surface area contributed by atoms with Gasteiger partial charge < -0.3 is 4.98 Å². The maximum absolute atomic E-state index is 16.1. The lowest BCUT2D eigenvalue weighted by Gasteiger charge is -2.15. The van der Waals surface area contributed by atoms with E-state index in [4.69, 9.17) is 4.98 Å². The first-order chi connectivity index (χ1) is 17.7. The van der Waals surface area contributed by atoms with E-state index >= 15 is 4.39 Å². The number of thiophene rings is 1. The summed E-state index contributed by atoms with van der Waals surface area (Å²) in [4.78, 5) is 20.5. The van der Waals surface area contributed by atoms with E-state index in [9.17, 15) is 0 Å². The largest absolute Gasteiger partial charge is 0.336 e. The average Bonchev–Trinajstić information content (AvgIpc) is 3.70. The van der Waals surface area contributed by atoms with Gasteiger partial charge in [-0.25, -0.2) is 9.37 Å². The molecule has 0 aliphatic carbocycles. The van der Waals surface area contributed by atoms with Crippen molar-refractivity contribution < 1.29 is 4.39 Å². The highest BCUT2D eigenvalue weighted by Gasteiger charge is 2.21. The van der Waals surface area contributed by atoms with Crippen LogP contribution in [0.3, 0.4) is 0 Å². The second kappa shape index (κ2) is 8.61.